The first-order valence-corrected chi connectivity index (χ1v) is 8.46. The smallest absolute Gasteiger partial charge is 0.0277 e. The molecule has 1 atom stereocenters. The predicted octanol–water partition coefficient (Wildman–Crippen LogP) is 1.36. The van der Waals surface area contributed by atoms with E-state index in [9.17, 15) is 4.21 Å². The van der Waals surface area contributed by atoms with E-state index in [0.29, 0.717) is 6.04 Å². The maximum Gasteiger partial charge on any atom is 0.0277 e. The van der Waals surface area contributed by atoms with Gasteiger partial charge in [-0.1, -0.05) is 6.92 Å². The number of rotatable bonds is 2. The van der Waals surface area contributed by atoms with Crippen LogP contribution in [-0.2, 0) is 10.8 Å². The molecule has 2 heterocycles. The van der Waals surface area contributed by atoms with Crippen molar-refractivity contribution in [3.63, 3.8) is 0 Å². The van der Waals surface area contributed by atoms with Crippen LogP contribution in [0.1, 0.15) is 39.5 Å². The Balaban J connectivity index is 1.96. The normalized spacial score (nSPS) is 41.1. The molecule has 2 fully saturated rings. The van der Waals surface area contributed by atoms with Gasteiger partial charge in [-0.2, -0.15) is 0 Å². The van der Waals surface area contributed by atoms with Crippen molar-refractivity contribution in [2.45, 2.75) is 51.1 Å². The van der Waals surface area contributed by atoms with Gasteiger partial charge in [-0.3, -0.25) is 9.11 Å². The Morgan fingerprint density at radius 1 is 1.41 bits per heavy atom. The van der Waals surface area contributed by atoms with Gasteiger partial charge in [-0.25, -0.2) is 0 Å². The Morgan fingerprint density at radius 2 is 2.12 bits per heavy atom. The Kier molecular flexibility index (Phi) is 4.61. The maximum atomic E-state index is 11.4. The fraction of sp³-hybridized carbons (Fsp3) is 1.00. The number of hydrogen-bond acceptors (Lipinski definition) is 3. The van der Waals surface area contributed by atoms with Crippen molar-refractivity contribution in [1.82, 2.24) is 10.2 Å². The van der Waals surface area contributed by atoms with E-state index in [1.54, 1.807) is 0 Å². The third kappa shape index (κ3) is 3.52. The van der Waals surface area contributed by atoms with E-state index in [2.05, 4.69) is 24.1 Å². The zero-order valence-corrected chi connectivity index (χ0v) is 12.0. The van der Waals surface area contributed by atoms with Crippen LogP contribution in [0.15, 0.2) is 0 Å². The SMILES string of the molecule is CCC1(C)CN(C2CCS(=O)CC2)CCCN1. The topological polar surface area (TPSA) is 32.3 Å². The quantitative estimate of drug-likeness (QED) is 0.812. The first-order valence-electron chi connectivity index (χ1n) is 6.97. The fourth-order valence-electron chi connectivity index (χ4n) is 2.95. The summed E-state index contributed by atoms with van der Waals surface area (Å²) in [6.07, 6.45) is 4.69. The molecular formula is C13H26N2OS. The lowest BCUT2D eigenvalue weighted by atomic mass is 9.97. The average molecular weight is 258 g/mol. The second kappa shape index (κ2) is 5.81. The zero-order chi connectivity index (χ0) is 12.3. The lowest BCUT2D eigenvalue weighted by Crippen LogP contribution is -2.51. The summed E-state index contributed by atoms with van der Waals surface area (Å²) in [6.45, 7) is 8.11. The monoisotopic (exact) mass is 258 g/mol. The summed E-state index contributed by atoms with van der Waals surface area (Å²) in [4.78, 5) is 2.65. The van der Waals surface area contributed by atoms with Gasteiger partial charge in [-0.05, 0) is 45.7 Å². The zero-order valence-electron chi connectivity index (χ0n) is 11.2. The predicted molar refractivity (Wildman–Crippen MR) is 73.8 cm³/mol. The van der Waals surface area contributed by atoms with Crippen molar-refractivity contribution >= 4 is 10.8 Å². The summed E-state index contributed by atoms with van der Waals surface area (Å²) < 4.78 is 11.4. The Labute approximate surface area is 108 Å². The minimum absolute atomic E-state index is 0.271. The highest BCUT2D eigenvalue weighted by molar-refractivity contribution is 7.85. The molecule has 0 aromatic rings. The third-order valence-corrected chi connectivity index (χ3v) is 5.76. The minimum atomic E-state index is -0.533. The molecule has 4 heteroatoms. The molecule has 2 saturated heterocycles. The van der Waals surface area contributed by atoms with Crippen LogP contribution < -0.4 is 5.32 Å². The van der Waals surface area contributed by atoms with Gasteiger partial charge in [0.25, 0.3) is 0 Å². The van der Waals surface area contributed by atoms with Crippen molar-refractivity contribution in [1.29, 1.82) is 0 Å². The molecule has 0 radical (unpaired) electrons. The van der Waals surface area contributed by atoms with Crippen molar-refractivity contribution in [3.8, 4) is 0 Å². The van der Waals surface area contributed by atoms with Crippen LogP contribution in [0.2, 0.25) is 0 Å². The van der Waals surface area contributed by atoms with Crippen molar-refractivity contribution in [2.24, 2.45) is 0 Å². The lowest BCUT2D eigenvalue weighted by Gasteiger charge is -2.38. The molecule has 0 spiro atoms. The highest BCUT2D eigenvalue weighted by Crippen LogP contribution is 2.22. The molecule has 2 rings (SSSR count). The maximum absolute atomic E-state index is 11.4. The molecular weight excluding hydrogens is 232 g/mol. The molecule has 1 N–H and O–H groups in total. The van der Waals surface area contributed by atoms with Crippen LogP contribution in [0.3, 0.4) is 0 Å². The van der Waals surface area contributed by atoms with Gasteiger partial charge in [0.2, 0.25) is 0 Å². The van der Waals surface area contributed by atoms with E-state index in [0.717, 1.165) is 37.4 Å². The number of nitrogens with one attached hydrogen (secondary N) is 1. The van der Waals surface area contributed by atoms with E-state index in [1.165, 1.54) is 19.4 Å². The molecule has 0 saturated carbocycles. The van der Waals surface area contributed by atoms with Crippen LogP contribution in [0.5, 0.6) is 0 Å². The Morgan fingerprint density at radius 3 is 2.76 bits per heavy atom. The molecule has 0 bridgehead atoms. The van der Waals surface area contributed by atoms with Crippen molar-refractivity contribution in [2.75, 3.05) is 31.1 Å². The second-order valence-corrected chi connectivity index (χ2v) is 7.44. The first kappa shape index (κ1) is 13.5. The lowest BCUT2D eigenvalue weighted by molar-refractivity contribution is 0.151. The molecule has 0 aromatic heterocycles. The summed E-state index contributed by atoms with van der Waals surface area (Å²) in [5.74, 6) is 1.83. The molecule has 3 nitrogen and oxygen atoms in total. The molecule has 2 aliphatic rings. The Bertz CT molecular complexity index is 275. The standard InChI is InChI=1S/C13H26N2OS/c1-3-13(2)11-15(8-4-7-14-13)12-5-9-17(16)10-6-12/h12,14H,3-11H2,1-2H3. The van der Waals surface area contributed by atoms with Crippen molar-refractivity contribution < 1.29 is 4.21 Å². The van der Waals surface area contributed by atoms with Crippen LogP contribution in [0.4, 0.5) is 0 Å². The van der Waals surface area contributed by atoms with E-state index < -0.39 is 10.8 Å². The summed E-state index contributed by atoms with van der Waals surface area (Å²) >= 11 is 0. The van der Waals surface area contributed by atoms with Gasteiger partial charge >= 0.3 is 0 Å². The third-order valence-electron chi connectivity index (χ3n) is 4.38. The van der Waals surface area contributed by atoms with Crippen LogP contribution >= 0.6 is 0 Å². The molecule has 100 valence electrons. The van der Waals surface area contributed by atoms with Gasteiger partial charge in [0, 0.05) is 40.4 Å². The Hall–Kier alpha value is 0.0700. The van der Waals surface area contributed by atoms with Crippen LogP contribution in [0, 0.1) is 0 Å². The highest BCUT2D eigenvalue weighted by Gasteiger charge is 2.32. The minimum Gasteiger partial charge on any atom is -0.310 e. The molecule has 0 aromatic carbocycles. The van der Waals surface area contributed by atoms with Crippen molar-refractivity contribution in [3.05, 3.63) is 0 Å². The first-order chi connectivity index (χ1) is 8.13. The van der Waals surface area contributed by atoms with Gasteiger partial charge in [-0.15, -0.1) is 0 Å². The van der Waals surface area contributed by atoms with E-state index >= 15 is 0 Å². The molecule has 0 amide bonds. The van der Waals surface area contributed by atoms with E-state index in [1.807, 2.05) is 0 Å². The molecule has 1 unspecified atom stereocenters. The van der Waals surface area contributed by atoms with Gasteiger partial charge in [0.15, 0.2) is 0 Å². The number of nitrogens with zero attached hydrogens (tertiary/aromatic N) is 1. The largest absolute Gasteiger partial charge is 0.310 e. The van der Waals surface area contributed by atoms with Gasteiger partial charge in [0.1, 0.15) is 0 Å². The summed E-state index contributed by atoms with van der Waals surface area (Å²) in [5, 5.41) is 3.68. The summed E-state index contributed by atoms with van der Waals surface area (Å²) in [6, 6.07) is 0.679. The van der Waals surface area contributed by atoms with Crippen LogP contribution in [-0.4, -0.2) is 51.8 Å². The average Bonchev–Trinajstić information content (AvgIpc) is 2.53. The second-order valence-electron chi connectivity index (χ2n) is 5.74. The van der Waals surface area contributed by atoms with Crippen LogP contribution in [0.25, 0.3) is 0 Å². The summed E-state index contributed by atoms with van der Waals surface area (Å²) in [5.41, 5.74) is 0.271. The fourth-order valence-corrected chi connectivity index (χ4v) is 4.22. The highest BCUT2D eigenvalue weighted by atomic mass is 32.2. The molecule has 0 aliphatic carbocycles. The molecule has 17 heavy (non-hydrogen) atoms. The molecule has 2 aliphatic heterocycles. The van der Waals surface area contributed by atoms with Gasteiger partial charge in [0.05, 0.1) is 0 Å². The van der Waals surface area contributed by atoms with Gasteiger partial charge < -0.3 is 5.32 Å². The van der Waals surface area contributed by atoms with E-state index in [-0.39, 0.29) is 5.54 Å². The summed E-state index contributed by atoms with van der Waals surface area (Å²) in [7, 11) is -0.533. The number of hydrogen-bond donors (Lipinski definition) is 1. The van der Waals surface area contributed by atoms with E-state index in [4.69, 9.17) is 0 Å².